The molecule has 0 amide bonds. The van der Waals surface area contributed by atoms with Crippen molar-refractivity contribution in [2.24, 2.45) is 0 Å². The molecule has 0 bridgehead atoms. The molecule has 0 radical (unpaired) electrons. The van der Waals surface area contributed by atoms with Crippen molar-refractivity contribution in [3.05, 3.63) is 29.8 Å². The maximum atomic E-state index is 10.6. The van der Waals surface area contributed by atoms with Gasteiger partial charge in [-0.2, -0.15) is 0 Å². The third-order valence-electron chi connectivity index (χ3n) is 2.92. The van der Waals surface area contributed by atoms with Crippen molar-refractivity contribution in [1.29, 1.82) is 0 Å². The summed E-state index contributed by atoms with van der Waals surface area (Å²) in [6.07, 6.45) is 1.78. The lowest BCUT2D eigenvalue weighted by molar-refractivity contribution is -0.138. The number of carboxylic acid groups (broad SMARTS) is 1. The van der Waals surface area contributed by atoms with Crippen LogP contribution in [0.3, 0.4) is 0 Å². The van der Waals surface area contributed by atoms with E-state index >= 15 is 0 Å². The fourth-order valence-electron chi connectivity index (χ4n) is 1.63. The summed E-state index contributed by atoms with van der Waals surface area (Å²) in [5, 5.41) is 17.8. The van der Waals surface area contributed by atoms with Gasteiger partial charge in [0.05, 0.1) is 6.54 Å². The average molecular weight is 237 g/mol. The molecular formula is C13H19NO3. The van der Waals surface area contributed by atoms with Crippen LogP contribution >= 0.6 is 0 Å². The highest BCUT2D eigenvalue weighted by atomic mass is 16.4. The normalized spacial score (nSPS) is 12.6. The smallest absolute Gasteiger partial charge is 0.317 e. The van der Waals surface area contributed by atoms with Crippen LogP contribution in [0, 0.1) is 0 Å². The number of phenolic OH excluding ortho intramolecular Hbond substituents is 1. The molecule has 0 aromatic heterocycles. The number of hydrogen-bond acceptors (Lipinski definition) is 3. The Hall–Kier alpha value is -1.55. The minimum absolute atomic E-state index is 0.0662. The van der Waals surface area contributed by atoms with Crippen molar-refractivity contribution in [1.82, 2.24) is 4.90 Å². The number of phenols is 1. The summed E-state index contributed by atoms with van der Waals surface area (Å²) in [7, 11) is 1.82. The quantitative estimate of drug-likeness (QED) is 0.791. The zero-order chi connectivity index (χ0) is 12.8. The molecule has 0 saturated carbocycles. The molecule has 0 heterocycles. The molecule has 4 nitrogen and oxygen atoms in total. The minimum Gasteiger partial charge on any atom is -0.508 e. The van der Waals surface area contributed by atoms with Crippen LogP contribution in [0.2, 0.25) is 0 Å². The number of rotatable bonds is 6. The largest absolute Gasteiger partial charge is 0.508 e. The van der Waals surface area contributed by atoms with Crippen LogP contribution in [0.1, 0.15) is 18.9 Å². The molecule has 2 N–H and O–H groups in total. The van der Waals surface area contributed by atoms with Crippen molar-refractivity contribution >= 4 is 5.97 Å². The summed E-state index contributed by atoms with van der Waals surface area (Å²) in [5.41, 5.74) is 1.15. The first-order chi connectivity index (χ1) is 7.99. The predicted octanol–water partition coefficient (Wildman–Crippen LogP) is 1.73. The summed E-state index contributed by atoms with van der Waals surface area (Å²) in [6.45, 7) is 2.08. The van der Waals surface area contributed by atoms with Crippen LogP contribution in [0.4, 0.5) is 0 Å². The summed E-state index contributed by atoms with van der Waals surface area (Å²) in [5.74, 6) is -0.534. The van der Waals surface area contributed by atoms with E-state index in [1.165, 1.54) is 0 Å². The second-order valence-corrected chi connectivity index (χ2v) is 4.36. The van der Waals surface area contributed by atoms with E-state index in [1.807, 2.05) is 31.0 Å². The van der Waals surface area contributed by atoms with Crippen molar-refractivity contribution < 1.29 is 15.0 Å². The fraction of sp³-hybridized carbons (Fsp3) is 0.462. The Bertz CT molecular complexity index is 361. The monoisotopic (exact) mass is 237 g/mol. The molecule has 0 aliphatic carbocycles. The van der Waals surface area contributed by atoms with E-state index in [1.54, 1.807) is 12.1 Å². The molecule has 1 aromatic carbocycles. The van der Waals surface area contributed by atoms with Crippen LogP contribution in [0.25, 0.3) is 0 Å². The molecule has 0 fully saturated rings. The van der Waals surface area contributed by atoms with Crippen LogP contribution in [0.15, 0.2) is 24.3 Å². The van der Waals surface area contributed by atoms with E-state index < -0.39 is 5.97 Å². The lowest BCUT2D eigenvalue weighted by Crippen LogP contribution is -2.34. The number of aliphatic carboxylic acids is 1. The lowest BCUT2D eigenvalue weighted by Gasteiger charge is -2.22. The van der Waals surface area contributed by atoms with Crippen molar-refractivity contribution in [3.8, 4) is 5.75 Å². The van der Waals surface area contributed by atoms with Gasteiger partial charge < -0.3 is 10.2 Å². The molecule has 1 rings (SSSR count). The number of hydrogen-bond donors (Lipinski definition) is 2. The third kappa shape index (κ3) is 4.87. The Morgan fingerprint density at radius 3 is 2.47 bits per heavy atom. The average Bonchev–Trinajstić information content (AvgIpc) is 2.27. The van der Waals surface area contributed by atoms with Gasteiger partial charge in [0.1, 0.15) is 5.75 Å². The number of likely N-dealkylation sites (N-methyl/N-ethyl adjacent to an activating group) is 1. The highest BCUT2D eigenvalue weighted by Crippen LogP contribution is 2.13. The Labute approximate surface area is 101 Å². The summed E-state index contributed by atoms with van der Waals surface area (Å²) >= 11 is 0. The van der Waals surface area contributed by atoms with Gasteiger partial charge in [-0.05, 0) is 44.5 Å². The van der Waals surface area contributed by atoms with Gasteiger partial charge in [-0.1, -0.05) is 12.1 Å². The first kappa shape index (κ1) is 13.5. The maximum absolute atomic E-state index is 10.6. The number of aryl methyl sites for hydroxylation is 1. The zero-order valence-electron chi connectivity index (χ0n) is 10.3. The summed E-state index contributed by atoms with van der Waals surface area (Å²) in [6, 6.07) is 7.33. The lowest BCUT2D eigenvalue weighted by atomic mass is 10.1. The summed E-state index contributed by atoms with van der Waals surface area (Å²) in [4.78, 5) is 12.4. The van der Waals surface area contributed by atoms with E-state index in [0.717, 1.165) is 18.4 Å². The third-order valence-corrected chi connectivity index (χ3v) is 2.92. The molecule has 17 heavy (non-hydrogen) atoms. The highest BCUT2D eigenvalue weighted by molar-refractivity contribution is 5.69. The van der Waals surface area contributed by atoms with E-state index in [9.17, 15) is 4.79 Å². The van der Waals surface area contributed by atoms with Crippen LogP contribution in [-0.2, 0) is 11.2 Å². The van der Waals surface area contributed by atoms with Gasteiger partial charge in [0.15, 0.2) is 0 Å². The minimum atomic E-state index is -0.802. The van der Waals surface area contributed by atoms with E-state index in [0.29, 0.717) is 0 Å². The van der Waals surface area contributed by atoms with Crippen LogP contribution in [0.5, 0.6) is 5.75 Å². The highest BCUT2D eigenvalue weighted by Gasteiger charge is 2.11. The van der Waals surface area contributed by atoms with Crippen LogP contribution < -0.4 is 0 Å². The number of benzene rings is 1. The Balaban J connectivity index is 2.39. The standard InChI is InChI=1S/C13H19NO3/c1-10(14(2)9-13(16)17)3-4-11-5-7-12(15)8-6-11/h5-8,10,15H,3-4,9H2,1-2H3,(H,16,17). The topological polar surface area (TPSA) is 60.8 Å². The van der Waals surface area contributed by atoms with E-state index in [4.69, 9.17) is 10.2 Å². The number of carboxylic acids is 1. The molecular weight excluding hydrogens is 218 g/mol. The van der Waals surface area contributed by atoms with Gasteiger partial charge in [-0.25, -0.2) is 0 Å². The van der Waals surface area contributed by atoms with Crippen molar-refractivity contribution in [3.63, 3.8) is 0 Å². The Morgan fingerprint density at radius 1 is 1.35 bits per heavy atom. The molecule has 1 unspecified atom stereocenters. The second-order valence-electron chi connectivity index (χ2n) is 4.36. The molecule has 0 aliphatic rings. The van der Waals surface area contributed by atoms with Gasteiger partial charge in [0, 0.05) is 6.04 Å². The van der Waals surface area contributed by atoms with E-state index in [2.05, 4.69) is 0 Å². The van der Waals surface area contributed by atoms with E-state index in [-0.39, 0.29) is 18.3 Å². The first-order valence-corrected chi connectivity index (χ1v) is 5.69. The first-order valence-electron chi connectivity index (χ1n) is 5.69. The SMILES string of the molecule is CC(CCc1ccc(O)cc1)N(C)CC(=O)O. The Kier molecular flexibility index (Phi) is 4.97. The fourth-order valence-corrected chi connectivity index (χ4v) is 1.63. The Morgan fingerprint density at radius 2 is 1.94 bits per heavy atom. The number of nitrogens with zero attached hydrogens (tertiary/aromatic N) is 1. The zero-order valence-corrected chi connectivity index (χ0v) is 10.3. The molecule has 1 aromatic rings. The predicted molar refractivity (Wildman–Crippen MR) is 66.2 cm³/mol. The van der Waals surface area contributed by atoms with Crippen molar-refractivity contribution in [2.45, 2.75) is 25.8 Å². The molecule has 0 saturated heterocycles. The van der Waals surface area contributed by atoms with Gasteiger partial charge in [-0.15, -0.1) is 0 Å². The molecule has 1 atom stereocenters. The molecule has 94 valence electrons. The van der Waals surface area contributed by atoms with Gasteiger partial charge in [0.25, 0.3) is 0 Å². The molecule has 0 spiro atoms. The van der Waals surface area contributed by atoms with Crippen molar-refractivity contribution in [2.75, 3.05) is 13.6 Å². The second kappa shape index (κ2) is 6.25. The van der Waals surface area contributed by atoms with Gasteiger partial charge in [-0.3, -0.25) is 9.69 Å². The van der Waals surface area contributed by atoms with Gasteiger partial charge in [0.2, 0.25) is 0 Å². The maximum Gasteiger partial charge on any atom is 0.317 e. The van der Waals surface area contributed by atoms with Crippen LogP contribution in [-0.4, -0.2) is 40.7 Å². The van der Waals surface area contributed by atoms with Gasteiger partial charge >= 0.3 is 5.97 Å². The molecule has 4 heteroatoms. The molecule has 0 aliphatic heterocycles. The summed E-state index contributed by atoms with van der Waals surface area (Å²) < 4.78 is 0. The number of carbonyl (C=O) groups is 1. The number of aromatic hydroxyl groups is 1.